The van der Waals surface area contributed by atoms with Crippen LogP contribution in [0.25, 0.3) is 0 Å². The van der Waals surface area contributed by atoms with E-state index in [9.17, 15) is 10.1 Å². The Labute approximate surface area is 172 Å². The number of ether oxygens (including phenoxy) is 1. The van der Waals surface area contributed by atoms with Crippen molar-refractivity contribution in [2.75, 3.05) is 0 Å². The van der Waals surface area contributed by atoms with Gasteiger partial charge in [0, 0.05) is 34.7 Å². The Balaban J connectivity index is 1.59. The number of hydrazone groups is 1. The molecule has 0 saturated heterocycles. The maximum Gasteiger partial charge on any atom is 0.269 e. The van der Waals surface area contributed by atoms with Crippen LogP contribution in [0.15, 0.2) is 77.9 Å². The molecule has 5 rings (SSSR count). The minimum Gasteiger partial charge on any atom is -0.464 e. The summed E-state index contributed by atoms with van der Waals surface area (Å²) < 4.78 is 6.25. The van der Waals surface area contributed by atoms with Crippen molar-refractivity contribution in [3.05, 3.63) is 105 Å². The molecular formula is C22H16ClN3O3. The zero-order valence-corrected chi connectivity index (χ0v) is 16.0. The summed E-state index contributed by atoms with van der Waals surface area (Å²) in [6.07, 6.45) is 0.174. The molecule has 6 nitrogen and oxygen atoms in total. The lowest BCUT2D eigenvalue weighted by Gasteiger charge is -2.38. The van der Waals surface area contributed by atoms with Gasteiger partial charge < -0.3 is 4.74 Å². The number of non-ortho nitro benzene ring substituents is 1. The molecular weight excluding hydrogens is 390 g/mol. The molecule has 0 bridgehead atoms. The lowest BCUT2D eigenvalue weighted by atomic mass is 9.96. The van der Waals surface area contributed by atoms with E-state index in [1.807, 2.05) is 59.6 Å². The van der Waals surface area contributed by atoms with Gasteiger partial charge in [0.15, 0.2) is 0 Å². The van der Waals surface area contributed by atoms with Crippen LogP contribution in [-0.4, -0.2) is 15.6 Å². The number of halogens is 1. The lowest BCUT2D eigenvalue weighted by Crippen LogP contribution is -2.33. The van der Waals surface area contributed by atoms with Gasteiger partial charge in [-0.25, -0.2) is 5.01 Å². The highest BCUT2D eigenvalue weighted by atomic mass is 35.5. The first-order valence-electron chi connectivity index (χ1n) is 9.22. The van der Waals surface area contributed by atoms with E-state index in [0.717, 1.165) is 22.6 Å². The zero-order chi connectivity index (χ0) is 20.0. The summed E-state index contributed by atoms with van der Waals surface area (Å²) in [5, 5.41) is 18.7. The van der Waals surface area contributed by atoms with Gasteiger partial charge in [-0.2, -0.15) is 5.10 Å². The minimum absolute atomic E-state index is 0.00473. The highest BCUT2D eigenvalue weighted by Crippen LogP contribution is 2.47. The van der Waals surface area contributed by atoms with Crippen molar-refractivity contribution < 1.29 is 9.66 Å². The molecule has 0 N–H and O–H groups in total. The number of nitro groups is 1. The zero-order valence-electron chi connectivity index (χ0n) is 15.2. The van der Waals surface area contributed by atoms with Gasteiger partial charge in [0.05, 0.1) is 16.7 Å². The molecule has 2 aliphatic rings. The Kier molecular flexibility index (Phi) is 4.21. The van der Waals surface area contributed by atoms with E-state index in [4.69, 9.17) is 21.4 Å². The molecule has 2 heterocycles. The quantitative estimate of drug-likeness (QED) is 0.426. The second-order valence-electron chi connectivity index (χ2n) is 7.01. The van der Waals surface area contributed by atoms with Crippen LogP contribution in [0.4, 0.5) is 5.69 Å². The molecule has 2 aliphatic heterocycles. The highest BCUT2D eigenvalue weighted by Gasteiger charge is 2.41. The van der Waals surface area contributed by atoms with Gasteiger partial charge in [0.25, 0.3) is 5.69 Å². The number of benzene rings is 3. The number of hydrogen-bond donors (Lipinski definition) is 0. The highest BCUT2D eigenvalue weighted by molar-refractivity contribution is 6.30. The van der Waals surface area contributed by atoms with E-state index in [1.165, 1.54) is 6.07 Å². The molecule has 0 fully saturated rings. The minimum atomic E-state index is -0.542. The number of fused-ring (bicyclic) bond motifs is 3. The van der Waals surface area contributed by atoms with Crippen LogP contribution in [0.3, 0.4) is 0 Å². The van der Waals surface area contributed by atoms with Gasteiger partial charge in [0.1, 0.15) is 5.75 Å². The third-order valence-electron chi connectivity index (χ3n) is 5.24. The van der Waals surface area contributed by atoms with Crippen LogP contribution >= 0.6 is 11.6 Å². The SMILES string of the molecule is O=[N+]([O-])c1cccc([C@H]2Oc3ccccc3[C@@H]3CC(c4ccc(Cl)cc4)=NN23)c1. The monoisotopic (exact) mass is 405 g/mol. The van der Waals surface area contributed by atoms with Gasteiger partial charge >= 0.3 is 0 Å². The maximum atomic E-state index is 11.2. The number of hydrogen-bond acceptors (Lipinski definition) is 5. The van der Waals surface area contributed by atoms with Gasteiger partial charge in [-0.3, -0.25) is 10.1 Å². The summed E-state index contributed by atoms with van der Waals surface area (Å²) >= 11 is 6.03. The molecule has 3 aromatic carbocycles. The molecule has 0 radical (unpaired) electrons. The van der Waals surface area contributed by atoms with E-state index >= 15 is 0 Å². The van der Waals surface area contributed by atoms with Crippen LogP contribution in [0, 0.1) is 10.1 Å². The van der Waals surface area contributed by atoms with Gasteiger partial charge in [-0.15, -0.1) is 0 Å². The average Bonchev–Trinajstić information content (AvgIpc) is 3.19. The van der Waals surface area contributed by atoms with E-state index < -0.39 is 11.2 Å². The lowest BCUT2D eigenvalue weighted by molar-refractivity contribution is -0.385. The molecule has 0 unspecified atom stereocenters. The van der Waals surface area contributed by atoms with Crippen molar-refractivity contribution in [2.45, 2.75) is 18.7 Å². The van der Waals surface area contributed by atoms with Gasteiger partial charge in [0.2, 0.25) is 6.23 Å². The molecule has 0 amide bonds. The van der Waals surface area contributed by atoms with Gasteiger partial charge in [-0.05, 0) is 23.8 Å². The van der Waals surface area contributed by atoms with Crippen LogP contribution in [0.1, 0.15) is 35.4 Å². The summed E-state index contributed by atoms with van der Waals surface area (Å²) in [7, 11) is 0. The second kappa shape index (κ2) is 6.90. The summed E-state index contributed by atoms with van der Waals surface area (Å²) in [6.45, 7) is 0. The van der Waals surface area contributed by atoms with Crippen molar-refractivity contribution in [2.24, 2.45) is 5.10 Å². The number of rotatable bonds is 3. The molecule has 7 heteroatoms. The maximum absolute atomic E-state index is 11.2. The normalized spacial score (nSPS) is 19.8. The van der Waals surface area contributed by atoms with Crippen molar-refractivity contribution in [3.8, 4) is 5.75 Å². The van der Waals surface area contributed by atoms with Gasteiger partial charge in [-0.1, -0.05) is 54.1 Å². The summed E-state index contributed by atoms with van der Waals surface area (Å²) in [5.41, 5.74) is 3.71. The van der Waals surface area contributed by atoms with Crippen molar-refractivity contribution >= 4 is 23.0 Å². The summed E-state index contributed by atoms with van der Waals surface area (Å²) in [5.74, 6) is 0.776. The Bertz CT molecular complexity index is 1130. The topological polar surface area (TPSA) is 68.0 Å². The van der Waals surface area contributed by atoms with E-state index in [1.54, 1.807) is 12.1 Å². The average molecular weight is 406 g/mol. The third kappa shape index (κ3) is 3.11. The van der Waals surface area contributed by atoms with E-state index in [-0.39, 0.29) is 11.7 Å². The molecule has 29 heavy (non-hydrogen) atoms. The van der Waals surface area contributed by atoms with Crippen LogP contribution < -0.4 is 4.74 Å². The van der Waals surface area contributed by atoms with E-state index in [2.05, 4.69) is 0 Å². The first kappa shape index (κ1) is 17.7. The van der Waals surface area contributed by atoms with Crippen LogP contribution in [0.5, 0.6) is 5.75 Å². The molecule has 2 atom stereocenters. The van der Waals surface area contributed by atoms with Crippen molar-refractivity contribution in [3.63, 3.8) is 0 Å². The first-order chi connectivity index (χ1) is 14.1. The molecule has 0 spiro atoms. The molecule has 0 aliphatic carbocycles. The summed E-state index contributed by atoms with van der Waals surface area (Å²) in [6, 6.07) is 22.0. The molecule has 0 saturated carbocycles. The predicted octanol–water partition coefficient (Wildman–Crippen LogP) is 5.49. The number of para-hydroxylation sites is 1. The third-order valence-corrected chi connectivity index (χ3v) is 5.49. The Morgan fingerprint density at radius 2 is 1.86 bits per heavy atom. The fraction of sp³-hybridized carbons (Fsp3) is 0.136. The van der Waals surface area contributed by atoms with Crippen molar-refractivity contribution in [1.29, 1.82) is 0 Å². The molecule has 144 valence electrons. The van der Waals surface area contributed by atoms with Crippen LogP contribution in [-0.2, 0) is 0 Å². The molecule has 3 aromatic rings. The fourth-order valence-corrected chi connectivity index (χ4v) is 3.99. The summed E-state index contributed by atoms with van der Waals surface area (Å²) in [4.78, 5) is 10.8. The fourth-order valence-electron chi connectivity index (χ4n) is 3.86. The van der Waals surface area contributed by atoms with Crippen molar-refractivity contribution in [1.82, 2.24) is 5.01 Å². The first-order valence-corrected chi connectivity index (χ1v) is 9.59. The van der Waals surface area contributed by atoms with Crippen LogP contribution in [0.2, 0.25) is 5.02 Å². The predicted molar refractivity (Wildman–Crippen MR) is 110 cm³/mol. The van der Waals surface area contributed by atoms with E-state index in [0.29, 0.717) is 17.0 Å². The largest absolute Gasteiger partial charge is 0.464 e. The molecule has 0 aromatic heterocycles. The second-order valence-corrected chi connectivity index (χ2v) is 7.45. The Hall–Kier alpha value is -3.38. The number of nitrogens with zero attached hydrogens (tertiary/aromatic N) is 3. The smallest absolute Gasteiger partial charge is 0.269 e. The standard InChI is InChI=1S/C22H16ClN3O3/c23-16-10-8-14(9-11-16)19-13-20-18-6-1-2-7-21(18)29-22(25(20)24-19)15-4-3-5-17(12-15)26(27)28/h1-12,20,22H,13H2/t20-,22+/m0/s1. The Morgan fingerprint density at radius 3 is 2.66 bits per heavy atom. The number of nitro benzene ring substituents is 1. The Morgan fingerprint density at radius 1 is 1.07 bits per heavy atom.